The second kappa shape index (κ2) is 5.02. The summed E-state index contributed by atoms with van der Waals surface area (Å²) in [7, 11) is 0. The van der Waals surface area contributed by atoms with Gasteiger partial charge in [-0.15, -0.1) is 0 Å². The van der Waals surface area contributed by atoms with Gasteiger partial charge in [-0.3, -0.25) is 0 Å². The number of rotatable bonds is 5. The number of aryl methyl sites for hydroxylation is 1. The molecule has 13 heavy (non-hydrogen) atoms. The van der Waals surface area contributed by atoms with Crippen LogP contribution in [0, 0.1) is 6.92 Å². The Kier molecular flexibility index (Phi) is 3.96. The molecule has 1 N–H and O–H groups in total. The van der Waals surface area contributed by atoms with Crippen molar-refractivity contribution in [2.75, 3.05) is 19.6 Å². The number of aromatic amines is 1. The fraction of sp³-hybridized carbons (Fsp3) is 0.700. The van der Waals surface area contributed by atoms with Crippen LogP contribution in [-0.2, 0) is 6.42 Å². The van der Waals surface area contributed by atoms with Gasteiger partial charge >= 0.3 is 0 Å². The summed E-state index contributed by atoms with van der Waals surface area (Å²) in [5, 5.41) is 0. The number of likely N-dealkylation sites (N-methyl/N-ethyl adjacent to an activating group) is 1. The molecule has 0 saturated carbocycles. The van der Waals surface area contributed by atoms with E-state index < -0.39 is 0 Å². The van der Waals surface area contributed by atoms with E-state index in [1.807, 2.05) is 13.1 Å². The Morgan fingerprint density at radius 1 is 1.38 bits per heavy atom. The molecule has 0 atom stereocenters. The van der Waals surface area contributed by atoms with Crippen molar-refractivity contribution in [2.24, 2.45) is 0 Å². The number of hydrogen-bond acceptors (Lipinski definition) is 2. The van der Waals surface area contributed by atoms with Gasteiger partial charge in [0.15, 0.2) is 0 Å². The van der Waals surface area contributed by atoms with Crippen LogP contribution in [0.15, 0.2) is 6.20 Å². The minimum Gasteiger partial charge on any atom is -0.346 e. The predicted octanol–water partition coefficient (Wildman–Crippen LogP) is 1.60. The van der Waals surface area contributed by atoms with Gasteiger partial charge in [0.2, 0.25) is 0 Å². The molecule has 0 radical (unpaired) electrons. The molecule has 0 fully saturated rings. The van der Waals surface area contributed by atoms with Crippen LogP contribution in [0.4, 0.5) is 0 Å². The van der Waals surface area contributed by atoms with Crippen LogP contribution in [0.1, 0.15) is 25.4 Å². The molecule has 1 heterocycles. The van der Waals surface area contributed by atoms with E-state index in [-0.39, 0.29) is 0 Å². The molecular formula is C10H19N3. The summed E-state index contributed by atoms with van der Waals surface area (Å²) < 4.78 is 0. The Bertz CT molecular complexity index is 238. The lowest BCUT2D eigenvalue weighted by atomic mass is 10.3. The van der Waals surface area contributed by atoms with Gasteiger partial charge in [-0.25, -0.2) is 4.98 Å². The van der Waals surface area contributed by atoms with Crippen molar-refractivity contribution in [1.29, 1.82) is 0 Å². The minimum atomic E-state index is 1.02. The lowest BCUT2D eigenvalue weighted by molar-refractivity contribution is 0.306. The van der Waals surface area contributed by atoms with Gasteiger partial charge in [-0.1, -0.05) is 13.8 Å². The highest BCUT2D eigenvalue weighted by molar-refractivity contribution is 4.98. The average Bonchev–Trinajstić information content (AvgIpc) is 2.53. The summed E-state index contributed by atoms with van der Waals surface area (Å²) in [6.45, 7) is 9.76. The SMILES string of the molecule is CCN(CC)CCc1ncc(C)[nH]1. The fourth-order valence-corrected chi connectivity index (χ4v) is 1.40. The van der Waals surface area contributed by atoms with Crippen LogP contribution in [0.5, 0.6) is 0 Å². The highest BCUT2D eigenvalue weighted by atomic mass is 15.1. The van der Waals surface area contributed by atoms with E-state index in [2.05, 4.69) is 28.7 Å². The van der Waals surface area contributed by atoms with E-state index in [1.54, 1.807) is 0 Å². The first-order valence-corrected chi connectivity index (χ1v) is 4.99. The third-order valence-electron chi connectivity index (χ3n) is 2.31. The zero-order valence-electron chi connectivity index (χ0n) is 8.80. The fourth-order valence-electron chi connectivity index (χ4n) is 1.40. The molecule has 0 aromatic carbocycles. The number of nitrogens with zero attached hydrogens (tertiary/aromatic N) is 2. The van der Waals surface area contributed by atoms with Crippen molar-refractivity contribution in [2.45, 2.75) is 27.2 Å². The monoisotopic (exact) mass is 181 g/mol. The van der Waals surface area contributed by atoms with E-state index >= 15 is 0 Å². The number of imidazole rings is 1. The largest absolute Gasteiger partial charge is 0.346 e. The minimum absolute atomic E-state index is 1.02. The second-order valence-electron chi connectivity index (χ2n) is 3.29. The molecule has 1 aromatic heterocycles. The van der Waals surface area contributed by atoms with Crippen molar-refractivity contribution < 1.29 is 0 Å². The second-order valence-corrected chi connectivity index (χ2v) is 3.29. The van der Waals surface area contributed by atoms with Crippen LogP contribution in [0.2, 0.25) is 0 Å². The maximum Gasteiger partial charge on any atom is 0.107 e. The van der Waals surface area contributed by atoms with Gasteiger partial charge < -0.3 is 9.88 Å². The Morgan fingerprint density at radius 3 is 2.54 bits per heavy atom. The molecule has 0 aliphatic rings. The molecule has 0 saturated heterocycles. The molecule has 0 aliphatic heterocycles. The highest BCUT2D eigenvalue weighted by Crippen LogP contribution is 1.97. The van der Waals surface area contributed by atoms with E-state index in [4.69, 9.17) is 0 Å². The summed E-state index contributed by atoms with van der Waals surface area (Å²) in [4.78, 5) is 9.92. The molecule has 1 aromatic rings. The zero-order valence-corrected chi connectivity index (χ0v) is 8.80. The van der Waals surface area contributed by atoms with E-state index in [1.165, 1.54) is 0 Å². The average molecular weight is 181 g/mol. The summed E-state index contributed by atoms with van der Waals surface area (Å²) >= 11 is 0. The molecule has 0 spiro atoms. The summed E-state index contributed by atoms with van der Waals surface area (Å²) in [6, 6.07) is 0. The van der Waals surface area contributed by atoms with Crippen LogP contribution in [-0.4, -0.2) is 34.5 Å². The van der Waals surface area contributed by atoms with Gasteiger partial charge in [-0.2, -0.15) is 0 Å². The van der Waals surface area contributed by atoms with Gasteiger partial charge in [0.25, 0.3) is 0 Å². The van der Waals surface area contributed by atoms with Crippen molar-refractivity contribution in [3.05, 3.63) is 17.7 Å². The number of H-pyrrole nitrogens is 1. The summed E-state index contributed by atoms with van der Waals surface area (Å²) in [6.07, 6.45) is 2.91. The molecule has 0 bridgehead atoms. The molecule has 0 amide bonds. The van der Waals surface area contributed by atoms with E-state index in [9.17, 15) is 0 Å². The molecule has 3 heteroatoms. The van der Waals surface area contributed by atoms with Gasteiger partial charge in [0.05, 0.1) is 0 Å². The van der Waals surface area contributed by atoms with Crippen LogP contribution in [0.25, 0.3) is 0 Å². The Balaban J connectivity index is 2.33. The van der Waals surface area contributed by atoms with E-state index in [0.717, 1.165) is 37.6 Å². The van der Waals surface area contributed by atoms with Crippen LogP contribution >= 0.6 is 0 Å². The first-order valence-electron chi connectivity index (χ1n) is 4.99. The number of nitrogens with one attached hydrogen (secondary N) is 1. The first kappa shape index (κ1) is 10.3. The number of aromatic nitrogens is 2. The van der Waals surface area contributed by atoms with E-state index in [0.29, 0.717) is 0 Å². The smallest absolute Gasteiger partial charge is 0.107 e. The molecule has 3 nitrogen and oxygen atoms in total. The molecule has 0 unspecified atom stereocenters. The molecule has 1 rings (SSSR count). The third-order valence-corrected chi connectivity index (χ3v) is 2.31. The van der Waals surface area contributed by atoms with Crippen molar-refractivity contribution in [3.8, 4) is 0 Å². The zero-order chi connectivity index (χ0) is 9.68. The van der Waals surface area contributed by atoms with Gasteiger partial charge in [0, 0.05) is 24.9 Å². The van der Waals surface area contributed by atoms with Gasteiger partial charge in [-0.05, 0) is 20.0 Å². The number of hydrogen-bond donors (Lipinski definition) is 1. The van der Waals surface area contributed by atoms with Crippen molar-refractivity contribution in [3.63, 3.8) is 0 Å². The highest BCUT2D eigenvalue weighted by Gasteiger charge is 2.01. The maximum absolute atomic E-state index is 4.27. The maximum atomic E-state index is 4.27. The van der Waals surface area contributed by atoms with Crippen LogP contribution in [0.3, 0.4) is 0 Å². The topological polar surface area (TPSA) is 31.9 Å². The van der Waals surface area contributed by atoms with Gasteiger partial charge in [0.1, 0.15) is 5.82 Å². The predicted molar refractivity (Wildman–Crippen MR) is 54.8 cm³/mol. The van der Waals surface area contributed by atoms with Crippen LogP contribution < -0.4 is 0 Å². The molecule has 0 aliphatic carbocycles. The quantitative estimate of drug-likeness (QED) is 0.748. The third kappa shape index (κ3) is 3.19. The Hall–Kier alpha value is -0.830. The lowest BCUT2D eigenvalue weighted by Gasteiger charge is -2.16. The Labute approximate surface area is 80.2 Å². The van der Waals surface area contributed by atoms with Crippen molar-refractivity contribution >= 4 is 0 Å². The summed E-state index contributed by atoms with van der Waals surface area (Å²) in [5.41, 5.74) is 1.15. The lowest BCUT2D eigenvalue weighted by Crippen LogP contribution is -2.25. The standard InChI is InChI=1S/C10H19N3/c1-4-13(5-2)7-6-10-11-8-9(3)12-10/h8H,4-7H2,1-3H3,(H,11,12). The first-order chi connectivity index (χ1) is 6.26. The normalized spacial score (nSPS) is 11.1. The summed E-state index contributed by atoms with van der Waals surface area (Å²) in [5.74, 6) is 1.10. The molecular weight excluding hydrogens is 162 g/mol. The Morgan fingerprint density at radius 2 is 2.08 bits per heavy atom. The van der Waals surface area contributed by atoms with Crippen molar-refractivity contribution in [1.82, 2.24) is 14.9 Å². The molecule has 74 valence electrons.